The number of H-pyrrole nitrogens is 1. The van der Waals surface area contributed by atoms with Crippen LogP contribution in [0.4, 0.5) is 8.78 Å². The van der Waals surface area contributed by atoms with E-state index in [-0.39, 0.29) is 0 Å². The van der Waals surface area contributed by atoms with Gasteiger partial charge in [-0.15, -0.1) is 0 Å². The van der Waals surface area contributed by atoms with Crippen LogP contribution in [0.5, 0.6) is 0 Å². The zero-order chi connectivity index (χ0) is 17.3. The van der Waals surface area contributed by atoms with Crippen molar-refractivity contribution >= 4 is 5.57 Å². The molecule has 0 aliphatic carbocycles. The number of hydrogen-bond donors (Lipinski definition) is 3. The summed E-state index contributed by atoms with van der Waals surface area (Å²) in [6.07, 6.45) is 12.3. The number of aromatic nitrogens is 4. The molecule has 0 amide bonds. The van der Waals surface area contributed by atoms with Crippen LogP contribution in [-0.2, 0) is 5.66 Å². The molecule has 2 aliphatic rings. The Morgan fingerprint density at radius 1 is 1.20 bits per heavy atom. The monoisotopic (exact) mass is 347 g/mol. The molecule has 2 aliphatic heterocycles. The minimum Gasteiger partial charge on any atom is -0.365 e. The smallest absolute Gasteiger partial charge is 0.333 e. The first-order valence-electron chi connectivity index (χ1n) is 8.14. The number of halogens is 2. The molecule has 0 spiro atoms. The summed E-state index contributed by atoms with van der Waals surface area (Å²) in [4.78, 5) is 2.23. The molecule has 7 nitrogen and oxygen atoms in total. The van der Waals surface area contributed by atoms with Gasteiger partial charge < -0.3 is 10.6 Å². The van der Waals surface area contributed by atoms with E-state index in [0.29, 0.717) is 10.2 Å². The maximum absolute atomic E-state index is 13.0. The van der Waals surface area contributed by atoms with Gasteiger partial charge in [0.1, 0.15) is 5.66 Å². The topological polar surface area (TPSA) is 73.8 Å². The Balaban J connectivity index is 1.69. The van der Waals surface area contributed by atoms with Crippen molar-refractivity contribution in [1.82, 2.24) is 35.5 Å². The van der Waals surface area contributed by atoms with Gasteiger partial charge in [-0.1, -0.05) is 6.08 Å². The van der Waals surface area contributed by atoms with Gasteiger partial charge in [0.25, 0.3) is 0 Å². The van der Waals surface area contributed by atoms with Crippen molar-refractivity contribution in [2.24, 2.45) is 0 Å². The lowest BCUT2D eigenvalue weighted by Crippen LogP contribution is -2.59. The Hall–Kier alpha value is -2.52. The van der Waals surface area contributed by atoms with Crippen LogP contribution in [0.15, 0.2) is 43.1 Å². The SMILES string of the molecule is FC(F)n1cc(C2(N3CCNCC3)C=CC(c3cn[nH]c3)=CN2)cn1. The predicted molar refractivity (Wildman–Crippen MR) is 88.4 cm³/mol. The molecule has 4 rings (SSSR count). The largest absolute Gasteiger partial charge is 0.365 e. The molecule has 1 fully saturated rings. The minimum absolute atomic E-state index is 0.685. The third-order valence-electron chi connectivity index (χ3n) is 4.64. The van der Waals surface area contributed by atoms with Crippen LogP contribution in [-0.4, -0.2) is 51.1 Å². The number of allylic oxidation sites excluding steroid dienone is 2. The highest BCUT2D eigenvalue weighted by atomic mass is 19.3. The highest BCUT2D eigenvalue weighted by molar-refractivity contribution is 5.74. The van der Waals surface area contributed by atoms with E-state index < -0.39 is 12.2 Å². The van der Waals surface area contributed by atoms with Gasteiger partial charge in [0.15, 0.2) is 0 Å². The van der Waals surface area contributed by atoms with E-state index in [4.69, 9.17) is 0 Å². The van der Waals surface area contributed by atoms with Crippen molar-refractivity contribution in [3.05, 3.63) is 54.3 Å². The molecule has 1 atom stereocenters. The Morgan fingerprint density at radius 2 is 2.04 bits per heavy atom. The number of nitrogens with one attached hydrogen (secondary N) is 3. The summed E-state index contributed by atoms with van der Waals surface area (Å²) < 4.78 is 26.6. The molecule has 0 bridgehead atoms. The lowest BCUT2D eigenvalue weighted by molar-refractivity contribution is 0.0555. The molecule has 3 N–H and O–H groups in total. The van der Waals surface area contributed by atoms with E-state index in [0.717, 1.165) is 37.3 Å². The molecule has 1 unspecified atom stereocenters. The minimum atomic E-state index is -2.65. The normalized spacial score (nSPS) is 24.4. The van der Waals surface area contributed by atoms with E-state index in [9.17, 15) is 8.78 Å². The first-order chi connectivity index (χ1) is 12.2. The van der Waals surface area contributed by atoms with Crippen molar-refractivity contribution in [1.29, 1.82) is 0 Å². The standard InChI is InChI=1S/C16H19F2N7/c17-15(18)25-11-14(10-23-25)16(24-5-3-19-4-6-24)2-1-12(7-20-16)13-8-21-22-9-13/h1-2,7-11,15,19-20H,3-6H2,(H,21,22). The first-order valence-corrected chi connectivity index (χ1v) is 8.14. The lowest BCUT2D eigenvalue weighted by Gasteiger charge is -2.45. The number of aromatic amines is 1. The maximum Gasteiger partial charge on any atom is 0.333 e. The van der Waals surface area contributed by atoms with Crippen molar-refractivity contribution in [2.45, 2.75) is 12.2 Å². The van der Waals surface area contributed by atoms with Gasteiger partial charge in [0, 0.05) is 61.5 Å². The van der Waals surface area contributed by atoms with Gasteiger partial charge in [-0.2, -0.15) is 19.0 Å². The Bertz CT molecular complexity index is 774. The first kappa shape index (κ1) is 16.0. The van der Waals surface area contributed by atoms with Crippen LogP contribution in [0.3, 0.4) is 0 Å². The summed E-state index contributed by atoms with van der Waals surface area (Å²) in [6, 6.07) is 0. The number of dihydropyridines is 1. The third-order valence-corrected chi connectivity index (χ3v) is 4.64. The number of nitrogens with zero attached hydrogens (tertiary/aromatic N) is 4. The second kappa shape index (κ2) is 6.41. The average Bonchev–Trinajstić information content (AvgIpc) is 3.35. The predicted octanol–water partition coefficient (Wildman–Crippen LogP) is 1.26. The zero-order valence-electron chi connectivity index (χ0n) is 13.5. The number of rotatable bonds is 4. The molecular formula is C16H19F2N7. The van der Waals surface area contributed by atoms with Crippen LogP contribution >= 0.6 is 0 Å². The molecule has 25 heavy (non-hydrogen) atoms. The van der Waals surface area contributed by atoms with E-state index in [2.05, 4.69) is 30.8 Å². The fraction of sp³-hybridized carbons (Fsp3) is 0.375. The highest BCUT2D eigenvalue weighted by Gasteiger charge is 2.39. The molecule has 1 saturated heterocycles. The van der Waals surface area contributed by atoms with Gasteiger partial charge in [-0.05, 0) is 6.08 Å². The van der Waals surface area contributed by atoms with Crippen molar-refractivity contribution in [3.8, 4) is 0 Å². The van der Waals surface area contributed by atoms with Gasteiger partial charge in [-0.3, -0.25) is 10.00 Å². The van der Waals surface area contributed by atoms with Gasteiger partial charge in [0.05, 0.1) is 12.4 Å². The van der Waals surface area contributed by atoms with Crippen LogP contribution < -0.4 is 10.6 Å². The summed E-state index contributed by atoms with van der Waals surface area (Å²) in [6.45, 7) is 0.633. The summed E-state index contributed by atoms with van der Waals surface area (Å²) >= 11 is 0. The Morgan fingerprint density at radius 3 is 2.64 bits per heavy atom. The molecule has 0 radical (unpaired) electrons. The number of hydrogen-bond acceptors (Lipinski definition) is 5. The molecule has 9 heteroatoms. The average molecular weight is 347 g/mol. The van der Waals surface area contributed by atoms with Crippen LogP contribution in [0.2, 0.25) is 0 Å². The second-order valence-corrected chi connectivity index (χ2v) is 6.05. The fourth-order valence-electron chi connectivity index (χ4n) is 3.30. The zero-order valence-corrected chi connectivity index (χ0v) is 13.5. The molecule has 4 heterocycles. The fourth-order valence-corrected chi connectivity index (χ4v) is 3.30. The molecule has 0 saturated carbocycles. The molecule has 0 aromatic carbocycles. The van der Waals surface area contributed by atoms with Crippen LogP contribution in [0.1, 0.15) is 17.7 Å². The molecule has 2 aromatic heterocycles. The third kappa shape index (κ3) is 2.85. The Labute approximate surface area is 143 Å². The van der Waals surface area contributed by atoms with Crippen LogP contribution in [0, 0.1) is 0 Å². The van der Waals surface area contributed by atoms with Crippen molar-refractivity contribution in [3.63, 3.8) is 0 Å². The molecule has 2 aromatic rings. The van der Waals surface area contributed by atoms with Crippen molar-refractivity contribution < 1.29 is 8.78 Å². The van der Waals surface area contributed by atoms with E-state index in [1.165, 1.54) is 12.4 Å². The number of piperazine rings is 1. The van der Waals surface area contributed by atoms with E-state index >= 15 is 0 Å². The highest BCUT2D eigenvalue weighted by Crippen LogP contribution is 2.33. The number of alkyl halides is 2. The molecule has 132 valence electrons. The van der Waals surface area contributed by atoms with Gasteiger partial charge in [-0.25, -0.2) is 4.68 Å². The van der Waals surface area contributed by atoms with Gasteiger partial charge >= 0.3 is 6.55 Å². The summed E-state index contributed by atoms with van der Waals surface area (Å²) in [5.41, 5.74) is 1.93. The summed E-state index contributed by atoms with van der Waals surface area (Å²) in [5.74, 6) is 0. The Kier molecular flexibility index (Phi) is 4.10. The quantitative estimate of drug-likeness (QED) is 0.777. The van der Waals surface area contributed by atoms with Crippen molar-refractivity contribution in [2.75, 3.05) is 26.2 Å². The maximum atomic E-state index is 13.0. The molecular weight excluding hydrogens is 328 g/mol. The van der Waals surface area contributed by atoms with Crippen LogP contribution in [0.25, 0.3) is 5.57 Å². The second-order valence-electron chi connectivity index (χ2n) is 6.05. The van der Waals surface area contributed by atoms with Gasteiger partial charge in [0.2, 0.25) is 0 Å². The van der Waals surface area contributed by atoms with E-state index in [1.54, 1.807) is 6.20 Å². The lowest BCUT2D eigenvalue weighted by atomic mass is 9.94. The summed E-state index contributed by atoms with van der Waals surface area (Å²) in [5, 5.41) is 17.3. The van der Waals surface area contributed by atoms with E-state index in [1.807, 2.05) is 24.5 Å². The summed E-state index contributed by atoms with van der Waals surface area (Å²) in [7, 11) is 0.